The molecule has 0 unspecified atom stereocenters. The van der Waals surface area contributed by atoms with Crippen molar-refractivity contribution in [2.45, 2.75) is 25.7 Å². The van der Waals surface area contributed by atoms with E-state index in [0.29, 0.717) is 6.42 Å². The number of aryl methyl sites for hydroxylation is 1. The summed E-state index contributed by atoms with van der Waals surface area (Å²) in [6, 6.07) is 8.34. The van der Waals surface area contributed by atoms with Crippen LogP contribution in [0.25, 0.3) is 5.76 Å². The summed E-state index contributed by atoms with van der Waals surface area (Å²) in [5.41, 5.74) is 3.86. The molecular weight excluding hydrogens is 200 g/mol. The molecule has 2 aliphatic rings. The van der Waals surface area contributed by atoms with Gasteiger partial charge in [-0.3, -0.25) is 4.79 Å². The van der Waals surface area contributed by atoms with E-state index >= 15 is 0 Å². The lowest BCUT2D eigenvalue weighted by Crippen LogP contribution is -2.07. The number of ether oxygens (including phenoxy) is 1. The summed E-state index contributed by atoms with van der Waals surface area (Å²) in [4.78, 5) is 11.4. The molecule has 0 fully saturated rings. The second-order valence-corrected chi connectivity index (χ2v) is 4.42. The van der Waals surface area contributed by atoms with Gasteiger partial charge in [0.15, 0.2) is 5.78 Å². The number of benzene rings is 1. The predicted octanol–water partition coefficient (Wildman–Crippen LogP) is 2.72. The number of carbonyl (C=O) groups is 1. The van der Waals surface area contributed by atoms with E-state index in [1.165, 1.54) is 16.7 Å². The minimum absolute atomic E-state index is 0.215. The van der Waals surface area contributed by atoms with Gasteiger partial charge in [-0.2, -0.15) is 0 Å². The smallest absolute Gasteiger partial charge is 0.170 e. The molecule has 1 aromatic carbocycles. The van der Waals surface area contributed by atoms with E-state index in [4.69, 9.17) is 4.74 Å². The molecule has 2 heteroatoms. The van der Waals surface area contributed by atoms with Crippen molar-refractivity contribution in [3.63, 3.8) is 0 Å². The van der Waals surface area contributed by atoms with E-state index < -0.39 is 0 Å². The molecule has 0 saturated heterocycles. The van der Waals surface area contributed by atoms with Gasteiger partial charge in [0.25, 0.3) is 0 Å². The van der Waals surface area contributed by atoms with E-state index in [-0.39, 0.29) is 12.4 Å². The van der Waals surface area contributed by atoms with Crippen LogP contribution < -0.4 is 0 Å². The molecule has 0 aromatic heterocycles. The molecule has 3 rings (SSSR count). The number of fused-ring (bicyclic) bond motifs is 2. The van der Waals surface area contributed by atoms with Crippen LogP contribution in [0.4, 0.5) is 0 Å². The maximum Gasteiger partial charge on any atom is 0.170 e. The van der Waals surface area contributed by atoms with Gasteiger partial charge in [0.2, 0.25) is 0 Å². The Kier molecular flexibility index (Phi) is 2.28. The Labute approximate surface area is 94.9 Å². The summed E-state index contributed by atoms with van der Waals surface area (Å²) in [5.74, 6) is 1.19. The van der Waals surface area contributed by atoms with Crippen LogP contribution >= 0.6 is 0 Å². The number of carbonyl (C=O) groups excluding carboxylic acids is 1. The van der Waals surface area contributed by atoms with Gasteiger partial charge in [0.05, 0.1) is 0 Å². The molecule has 2 nitrogen and oxygen atoms in total. The first-order valence-corrected chi connectivity index (χ1v) is 5.79. The van der Waals surface area contributed by atoms with E-state index in [1.54, 1.807) is 0 Å². The van der Waals surface area contributed by atoms with Crippen LogP contribution in [0.1, 0.15) is 30.4 Å². The van der Waals surface area contributed by atoms with Crippen molar-refractivity contribution in [2.24, 2.45) is 0 Å². The average molecular weight is 214 g/mol. The Morgan fingerprint density at radius 2 is 1.81 bits per heavy atom. The van der Waals surface area contributed by atoms with Gasteiger partial charge in [-0.15, -0.1) is 0 Å². The molecular formula is C14H14O2. The molecule has 0 spiro atoms. The van der Waals surface area contributed by atoms with Crippen molar-refractivity contribution in [2.75, 3.05) is 6.61 Å². The fourth-order valence-electron chi connectivity index (χ4n) is 2.48. The minimum atomic E-state index is 0.215. The quantitative estimate of drug-likeness (QED) is 0.663. The van der Waals surface area contributed by atoms with Gasteiger partial charge in [0.1, 0.15) is 12.4 Å². The number of ketones is 1. The SMILES string of the molecule is O=C1CCC2=C(OC1)c1ccccc1CC2. The molecule has 0 amide bonds. The summed E-state index contributed by atoms with van der Waals surface area (Å²) in [6.45, 7) is 0.243. The van der Waals surface area contributed by atoms with Gasteiger partial charge >= 0.3 is 0 Å². The second-order valence-electron chi connectivity index (χ2n) is 4.42. The van der Waals surface area contributed by atoms with Crippen LogP contribution in [0.3, 0.4) is 0 Å². The molecule has 1 heterocycles. The summed E-state index contributed by atoms with van der Waals surface area (Å²) in [6.07, 6.45) is 3.63. The van der Waals surface area contributed by atoms with Crippen LogP contribution in [0.2, 0.25) is 0 Å². The largest absolute Gasteiger partial charge is 0.485 e. The van der Waals surface area contributed by atoms with E-state index in [2.05, 4.69) is 18.2 Å². The number of Topliss-reactive ketones (excluding diaryl/α,β-unsaturated/α-hetero) is 1. The first-order valence-electron chi connectivity index (χ1n) is 5.79. The number of hydrogen-bond acceptors (Lipinski definition) is 2. The van der Waals surface area contributed by atoms with Crippen LogP contribution in [0, 0.1) is 0 Å². The molecule has 0 bridgehead atoms. The van der Waals surface area contributed by atoms with Gasteiger partial charge in [-0.1, -0.05) is 24.3 Å². The Balaban J connectivity index is 2.05. The molecule has 1 aliphatic carbocycles. The minimum Gasteiger partial charge on any atom is -0.485 e. The van der Waals surface area contributed by atoms with Crippen LogP contribution in [-0.2, 0) is 16.0 Å². The lowest BCUT2D eigenvalue weighted by molar-refractivity contribution is -0.121. The van der Waals surface area contributed by atoms with E-state index in [1.807, 2.05) is 6.07 Å². The second kappa shape index (κ2) is 3.78. The zero-order valence-electron chi connectivity index (χ0n) is 9.16. The average Bonchev–Trinajstić information content (AvgIpc) is 2.52. The Bertz CT molecular complexity index is 471. The van der Waals surface area contributed by atoms with Gasteiger partial charge in [-0.25, -0.2) is 0 Å². The lowest BCUT2D eigenvalue weighted by atomic mass is 9.89. The van der Waals surface area contributed by atoms with Gasteiger partial charge < -0.3 is 4.74 Å². The molecule has 1 aliphatic heterocycles. The summed E-state index contributed by atoms with van der Waals surface area (Å²) < 4.78 is 5.68. The maximum atomic E-state index is 11.4. The number of rotatable bonds is 0. The summed E-state index contributed by atoms with van der Waals surface area (Å²) >= 11 is 0. The van der Waals surface area contributed by atoms with Crippen LogP contribution in [0.15, 0.2) is 29.8 Å². The molecule has 0 atom stereocenters. The van der Waals surface area contributed by atoms with E-state index in [9.17, 15) is 4.79 Å². The van der Waals surface area contributed by atoms with Crippen LogP contribution in [0.5, 0.6) is 0 Å². The molecule has 0 radical (unpaired) electrons. The third-order valence-corrected chi connectivity index (χ3v) is 3.36. The standard InChI is InChI=1S/C14H14O2/c15-12-8-7-11-6-5-10-3-1-2-4-13(10)14(11)16-9-12/h1-4H,5-9H2. The highest BCUT2D eigenvalue weighted by Gasteiger charge is 2.23. The van der Waals surface area contributed by atoms with Crippen molar-refractivity contribution in [3.8, 4) is 0 Å². The predicted molar refractivity (Wildman–Crippen MR) is 61.9 cm³/mol. The van der Waals surface area contributed by atoms with Gasteiger partial charge in [-0.05, 0) is 30.4 Å². The third kappa shape index (κ3) is 1.54. The topological polar surface area (TPSA) is 26.3 Å². The fourth-order valence-corrected chi connectivity index (χ4v) is 2.48. The maximum absolute atomic E-state index is 11.4. The third-order valence-electron chi connectivity index (χ3n) is 3.36. The molecule has 82 valence electrons. The molecule has 16 heavy (non-hydrogen) atoms. The van der Waals surface area contributed by atoms with Crippen molar-refractivity contribution in [3.05, 3.63) is 41.0 Å². The Morgan fingerprint density at radius 1 is 1.00 bits per heavy atom. The zero-order valence-corrected chi connectivity index (χ0v) is 9.16. The Hall–Kier alpha value is -1.57. The highest BCUT2D eigenvalue weighted by Crippen LogP contribution is 2.35. The Morgan fingerprint density at radius 3 is 2.75 bits per heavy atom. The fraction of sp³-hybridized carbons (Fsp3) is 0.357. The van der Waals surface area contributed by atoms with Crippen molar-refractivity contribution in [1.29, 1.82) is 0 Å². The molecule has 1 aromatic rings. The van der Waals surface area contributed by atoms with Crippen LogP contribution in [-0.4, -0.2) is 12.4 Å². The van der Waals surface area contributed by atoms with Crippen molar-refractivity contribution < 1.29 is 9.53 Å². The molecule has 0 saturated carbocycles. The first-order chi connectivity index (χ1) is 7.84. The number of allylic oxidation sites excluding steroid dienone is 1. The van der Waals surface area contributed by atoms with Gasteiger partial charge in [0, 0.05) is 12.0 Å². The normalized spacial score (nSPS) is 19.6. The monoisotopic (exact) mass is 214 g/mol. The van der Waals surface area contributed by atoms with Crippen molar-refractivity contribution >= 4 is 11.5 Å². The summed E-state index contributed by atoms with van der Waals surface area (Å²) in [5, 5.41) is 0. The lowest BCUT2D eigenvalue weighted by Gasteiger charge is -2.21. The first kappa shape index (κ1) is 9.64. The highest BCUT2D eigenvalue weighted by molar-refractivity contribution is 5.83. The highest BCUT2D eigenvalue weighted by atomic mass is 16.5. The van der Waals surface area contributed by atoms with Crippen molar-refractivity contribution in [1.82, 2.24) is 0 Å². The number of hydrogen-bond donors (Lipinski definition) is 0. The molecule has 0 N–H and O–H groups in total. The summed E-state index contributed by atoms with van der Waals surface area (Å²) in [7, 11) is 0. The zero-order chi connectivity index (χ0) is 11.0. The van der Waals surface area contributed by atoms with E-state index in [0.717, 1.165) is 25.0 Å².